The van der Waals surface area contributed by atoms with Crippen molar-refractivity contribution in [2.45, 2.75) is 0 Å². The zero-order chi connectivity index (χ0) is 18.2. The molecule has 0 atom stereocenters. The first kappa shape index (κ1) is 16.0. The fourth-order valence-corrected chi connectivity index (χ4v) is 3.49. The number of hydrogen-bond donors (Lipinski definition) is 2. The maximum atomic E-state index is 4.66. The van der Waals surface area contributed by atoms with Crippen molar-refractivity contribution in [3.05, 3.63) is 43.1 Å². The minimum atomic E-state index is 0.856. The topological polar surface area (TPSA) is 89.6 Å². The van der Waals surface area contributed by atoms with Crippen LogP contribution in [0.3, 0.4) is 0 Å². The van der Waals surface area contributed by atoms with Crippen molar-refractivity contribution in [2.75, 3.05) is 38.1 Å². The van der Waals surface area contributed by atoms with Crippen molar-refractivity contribution in [2.24, 2.45) is 0 Å². The summed E-state index contributed by atoms with van der Waals surface area (Å²) in [6.45, 7) is 4.09. The molecule has 1 fully saturated rings. The SMILES string of the molecule is CN1CCN(c2nccc3[nH]c(-c4cc(-c5cncnc5)[nH]n4)cc23)CC1. The number of aromatic amines is 2. The Morgan fingerprint density at radius 1 is 1.00 bits per heavy atom. The van der Waals surface area contributed by atoms with E-state index in [0.29, 0.717) is 0 Å². The molecule has 5 rings (SSSR count). The molecule has 5 heterocycles. The predicted molar refractivity (Wildman–Crippen MR) is 104 cm³/mol. The molecule has 1 aliphatic rings. The largest absolute Gasteiger partial charge is 0.353 e. The van der Waals surface area contributed by atoms with Crippen LogP contribution in [0.2, 0.25) is 0 Å². The molecule has 4 aromatic heterocycles. The summed E-state index contributed by atoms with van der Waals surface area (Å²) in [5.41, 5.74) is 4.69. The van der Waals surface area contributed by atoms with E-state index in [1.165, 1.54) is 6.33 Å². The lowest BCUT2D eigenvalue weighted by Crippen LogP contribution is -2.44. The Labute approximate surface area is 156 Å². The summed E-state index contributed by atoms with van der Waals surface area (Å²) in [4.78, 5) is 21.0. The molecule has 8 nitrogen and oxygen atoms in total. The van der Waals surface area contributed by atoms with Crippen molar-refractivity contribution in [3.63, 3.8) is 0 Å². The van der Waals surface area contributed by atoms with Crippen LogP contribution in [0.5, 0.6) is 0 Å². The number of likely N-dealkylation sites (N-methyl/N-ethyl adjacent to an activating group) is 1. The highest BCUT2D eigenvalue weighted by atomic mass is 15.3. The molecular formula is C19H20N8. The number of rotatable bonds is 3. The molecule has 4 aromatic rings. The molecule has 136 valence electrons. The van der Waals surface area contributed by atoms with Crippen LogP contribution < -0.4 is 4.90 Å². The molecule has 27 heavy (non-hydrogen) atoms. The van der Waals surface area contributed by atoms with E-state index in [2.05, 4.69) is 53.0 Å². The van der Waals surface area contributed by atoms with Gasteiger partial charge in [0.25, 0.3) is 0 Å². The Kier molecular flexibility index (Phi) is 3.83. The molecule has 0 radical (unpaired) electrons. The van der Waals surface area contributed by atoms with Crippen molar-refractivity contribution in [1.82, 2.24) is 35.0 Å². The summed E-state index contributed by atoms with van der Waals surface area (Å²) < 4.78 is 0. The van der Waals surface area contributed by atoms with Gasteiger partial charge in [0, 0.05) is 55.7 Å². The summed E-state index contributed by atoms with van der Waals surface area (Å²) in [7, 11) is 2.16. The van der Waals surface area contributed by atoms with Crippen molar-refractivity contribution in [3.8, 4) is 22.6 Å². The lowest BCUT2D eigenvalue weighted by Gasteiger charge is -2.33. The van der Waals surface area contributed by atoms with Gasteiger partial charge in [-0.1, -0.05) is 0 Å². The Hall–Kier alpha value is -3.26. The van der Waals surface area contributed by atoms with Crippen molar-refractivity contribution < 1.29 is 0 Å². The number of aromatic nitrogens is 6. The Morgan fingerprint density at radius 3 is 2.63 bits per heavy atom. The molecule has 0 aromatic carbocycles. The molecule has 0 spiro atoms. The number of anilines is 1. The van der Waals surface area contributed by atoms with Crippen LogP contribution in [0.15, 0.2) is 43.1 Å². The molecule has 0 amide bonds. The zero-order valence-corrected chi connectivity index (χ0v) is 15.1. The monoisotopic (exact) mass is 360 g/mol. The Morgan fingerprint density at radius 2 is 1.81 bits per heavy atom. The van der Waals surface area contributed by atoms with Crippen molar-refractivity contribution >= 4 is 16.7 Å². The fraction of sp³-hybridized carbons (Fsp3) is 0.263. The van der Waals surface area contributed by atoms with E-state index in [4.69, 9.17) is 0 Å². The second-order valence-electron chi connectivity index (χ2n) is 6.86. The van der Waals surface area contributed by atoms with Crippen LogP contribution in [-0.4, -0.2) is 68.3 Å². The molecule has 1 aliphatic heterocycles. The van der Waals surface area contributed by atoms with E-state index in [1.807, 2.05) is 18.3 Å². The molecular weight excluding hydrogens is 340 g/mol. The van der Waals surface area contributed by atoms with E-state index in [0.717, 1.165) is 65.5 Å². The van der Waals surface area contributed by atoms with E-state index in [1.54, 1.807) is 12.4 Å². The lowest BCUT2D eigenvalue weighted by atomic mass is 10.2. The number of hydrogen-bond acceptors (Lipinski definition) is 6. The van der Waals surface area contributed by atoms with E-state index in [9.17, 15) is 0 Å². The van der Waals surface area contributed by atoms with Crippen LogP contribution >= 0.6 is 0 Å². The number of pyridine rings is 1. The van der Waals surface area contributed by atoms with Crippen molar-refractivity contribution in [1.29, 1.82) is 0 Å². The first-order chi connectivity index (χ1) is 13.3. The van der Waals surface area contributed by atoms with E-state index < -0.39 is 0 Å². The van der Waals surface area contributed by atoms with Gasteiger partial charge in [0.05, 0.1) is 16.9 Å². The van der Waals surface area contributed by atoms with Gasteiger partial charge < -0.3 is 14.8 Å². The number of piperazine rings is 1. The third-order valence-electron chi connectivity index (χ3n) is 5.06. The van der Waals surface area contributed by atoms with E-state index in [-0.39, 0.29) is 0 Å². The first-order valence-corrected chi connectivity index (χ1v) is 9.00. The van der Waals surface area contributed by atoms with Gasteiger partial charge in [-0.2, -0.15) is 5.10 Å². The first-order valence-electron chi connectivity index (χ1n) is 9.00. The van der Waals surface area contributed by atoms with Gasteiger partial charge in [-0.3, -0.25) is 5.10 Å². The molecule has 0 saturated carbocycles. The maximum absolute atomic E-state index is 4.66. The molecule has 0 unspecified atom stereocenters. The van der Waals surface area contributed by atoms with Crippen LogP contribution in [-0.2, 0) is 0 Å². The number of nitrogens with zero attached hydrogens (tertiary/aromatic N) is 6. The average molecular weight is 360 g/mol. The Bertz CT molecular complexity index is 1060. The van der Waals surface area contributed by atoms with Gasteiger partial charge in [-0.25, -0.2) is 15.0 Å². The average Bonchev–Trinajstić information content (AvgIpc) is 3.36. The summed E-state index contributed by atoms with van der Waals surface area (Å²) in [5, 5.41) is 8.65. The van der Waals surface area contributed by atoms with Crippen LogP contribution in [0.4, 0.5) is 5.82 Å². The summed E-state index contributed by atoms with van der Waals surface area (Å²) >= 11 is 0. The fourth-order valence-electron chi connectivity index (χ4n) is 3.49. The second-order valence-corrected chi connectivity index (χ2v) is 6.86. The smallest absolute Gasteiger partial charge is 0.138 e. The Balaban J connectivity index is 1.50. The van der Waals surface area contributed by atoms with Gasteiger partial charge in [-0.05, 0) is 25.2 Å². The number of nitrogens with one attached hydrogen (secondary N) is 2. The summed E-state index contributed by atoms with van der Waals surface area (Å²) in [6.07, 6.45) is 6.93. The standard InChI is InChI=1S/C19H20N8/c1-26-4-6-27(7-5-26)19-14-8-17(23-15(14)2-3-22-19)18-9-16(24-25-18)13-10-20-12-21-11-13/h2-3,8-12,23H,4-7H2,1H3,(H,24,25). The minimum Gasteiger partial charge on any atom is -0.353 e. The van der Waals surface area contributed by atoms with Gasteiger partial charge in [0.1, 0.15) is 17.8 Å². The quantitative estimate of drug-likeness (QED) is 0.582. The van der Waals surface area contributed by atoms with Crippen LogP contribution in [0.25, 0.3) is 33.5 Å². The minimum absolute atomic E-state index is 0.856. The highest BCUT2D eigenvalue weighted by Gasteiger charge is 2.19. The number of fused-ring (bicyclic) bond motifs is 1. The molecule has 8 heteroatoms. The third kappa shape index (κ3) is 2.93. The molecule has 0 aliphatic carbocycles. The molecule has 1 saturated heterocycles. The number of H-pyrrole nitrogens is 2. The van der Waals surface area contributed by atoms with E-state index >= 15 is 0 Å². The lowest BCUT2D eigenvalue weighted by molar-refractivity contribution is 0.312. The molecule has 0 bridgehead atoms. The highest BCUT2D eigenvalue weighted by Crippen LogP contribution is 2.30. The molecule has 2 N–H and O–H groups in total. The maximum Gasteiger partial charge on any atom is 0.138 e. The summed E-state index contributed by atoms with van der Waals surface area (Å²) in [6, 6.07) is 6.15. The normalized spacial score (nSPS) is 15.5. The highest BCUT2D eigenvalue weighted by molar-refractivity contribution is 5.94. The van der Waals surface area contributed by atoms with Gasteiger partial charge in [0.15, 0.2) is 0 Å². The zero-order valence-electron chi connectivity index (χ0n) is 15.1. The third-order valence-corrected chi connectivity index (χ3v) is 5.06. The van der Waals surface area contributed by atoms with Crippen LogP contribution in [0, 0.1) is 0 Å². The van der Waals surface area contributed by atoms with Gasteiger partial charge in [0.2, 0.25) is 0 Å². The van der Waals surface area contributed by atoms with Gasteiger partial charge >= 0.3 is 0 Å². The summed E-state index contributed by atoms with van der Waals surface area (Å²) in [5.74, 6) is 1.04. The van der Waals surface area contributed by atoms with Gasteiger partial charge in [-0.15, -0.1) is 0 Å². The second kappa shape index (κ2) is 6.48. The van der Waals surface area contributed by atoms with Crippen LogP contribution in [0.1, 0.15) is 0 Å². The predicted octanol–water partition coefficient (Wildman–Crippen LogP) is 2.16.